The normalized spacial score (nSPS) is 10.9. The lowest BCUT2D eigenvalue weighted by Crippen LogP contribution is -2.08. The Morgan fingerprint density at radius 2 is 1.26 bits per heavy atom. The lowest BCUT2D eigenvalue weighted by Gasteiger charge is -2.08. The zero-order valence-electron chi connectivity index (χ0n) is 23.4. The van der Waals surface area contributed by atoms with Crippen molar-refractivity contribution in [3.63, 3.8) is 0 Å². The third-order valence-corrected chi connectivity index (χ3v) is 6.87. The second-order valence-electron chi connectivity index (χ2n) is 10.1. The van der Waals surface area contributed by atoms with Crippen molar-refractivity contribution in [2.45, 2.75) is 97.3 Å². The van der Waals surface area contributed by atoms with E-state index in [9.17, 15) is 4.79 Å². The van der Waals surface area contributed by atoms with Gasteiger partial charge in [-0.05, 0) is 73.4 Å². The average Bonchev–Trinajstić information content (AvgIpc) is 2.95. The van der Waals surface area contributed by atoms with E-state index in [1.54, 1.807) is 12.3 Å². The monoisotopic (exact) mass is 515 g/mol. The number of aryl methyl sites for hydroxylation is 1. The van der Waals surface area contributed by atoms with Crippen LogP contribution in [0.3, 0.4) is 0 Å². The van der Waals surface area contributed by atoms with E-state index in [1.807, 2.05) is 54.6 Å². The highest BCUT2D eigenvalue weighted by Crippen LogP contribution is 2.23. The second kappa shape index (κ2) is 17.4. The highest BCUT2D eigenvalue weighted by atomic mass is 16.5. The Kier molecular flexibility index (Phi) is 13.5. The number of hydrogen-bond acceptors (Lipinski definition) is 4. The zero-order chi connectivity index (χ0) is 26.8. The first-order valence-electron chi connectivity index (χ1n) is 14.7. The molecule has 0 spiro atoms. The molecular weight excluding hydrogens is 470 g/mol. The average molecular weight is 516 g/mol. The summed E-state index contributed by atoms with van der Waals surface area (Å²) in [5.41, 5.74) is 3.64. The molecule has 3 rings (SSSR count). The SMILES string of the molecule is CCCCCCCCCOc1ccc(-c2ccc(OC(=O)c3ccc(CCCCCCC)cc3)cn2)cc1. The summed E-state index contributed by atoms with van der Waals surface area (Å²) in [6, 6.07) is 19.4. The number of esters is 1. The van der Waals surface area contributed by atoms with E-state index in [2.05, 4.69) is 18.8 Å². The molecule has 0 atom stereocenters. The van der Waals surface area contributed by atoms with Gasteiger partial charge in [-0.15, -0.1) is 0 Å². The Morgan fingerprint density at radius 3 is 1.89 bits per heavy atom. The summed E-state index contributed by atoms with van der Waals surface area (Å²) >= 11 is 0. The molecule has 0 unspecified atom stereocenters. The Balaban J connectivity index is 1.40. The molecular formula is C34H45NO3. The molecule has 38 heavy (non-hydrogen) atoms. The lowest BCUT2D eigenvalue weighted by atomic mass is 10.0. The van der Waals surface area contributed by atoms with Crippen LogP contribution in [0.25, 0.3) is 11.3 Å². The largest absolute Gasteiger partial charge is 0.494 e. The van der Waals surface area contributed by atoms with Crippen LogP contribution in [0, 0.1) is 0 Å². The molecule has 204 valence electrons. The summed E-state index contributed by atoms with van der Waals surface area (Å²) in [6.07, 6.45) is 17.9. The number of pyridine rings is 1. The maximum absolute atomic E-state index is 12.6. The van der Waals surface area contributed by atoms with Crippen LogP contribution in [0.5, 0.6) is 11.5 Å². The highest BCUT2D eigenvalue weighted by molar-refractivity contribution is 5.91. The summed E-state index contributed by atoms with van der Waals surface area (Å²) in [4.78, 5) is 17.1. The fourth-order valence-electron chi connectivity index (χ4n) is 4.49. The summed E-state index contributed by atoms with van der Waals surface area (Å²) in [5.74, 6) is 0.956. The molecule has 0 bridgehead atoms. The van der Waals surface area contributed by atoms with Gasteiger partial charge in [-0.2, -0.15) is 0 Å². The molecule has 0 saturated heterocycles. The van der Waals surface area contributed by atoms with Gasteiger partial charge >= 0.3 is 5.97 Å². The second-order valence-corrected chi connectivity index (χ2v) is 10.1. The number of carbonyl (C=O) groups excluding carboxylic acids is 1. The molecule has 1 aromatic heterocycles. The quantitative estimate of drug-likeness (QED) is 0.125. The van der Waals surface area contributed by atoms with Crippen LogP contribution >= 0.6 is 0 Å². The van der Waals surface area contributed by atoms with E-state index in [4.69, 9.17) is 9.47 Å². The molecule has 0 aliphatic carbocycles. The molecule has 4 nitrogen and oxygen atoms in total. The summed E-state index contributed by atoms with van der Waals surface area (Å²) in [5, 5.41) is 0. The first-order valence-corrected chi connectivity index (χ1v) is 14.7. The molecule has 3 aromatic rings. The molecule has 0 N–H and O–H groups in total. The van der Waals surface area contributed by atoms with E-state index < -0.39 is 0 Å². The number of nitrogens with zero attached hydrogens (tertiary/aromatic N) is 1. The fraction of sp³-hybridized carbons (Fsp3) is 0.471. The Morgan fingerprint density at radius 1 is 0.658 bits per heavy atom. The van der Waals surface area contributed by atoms with Gasteiger partial charge in [0.2, 0.25) is 0 Å². The fourth-order valence-corrected chi connectivity index (χ4v) is 4.49. The van der Waals surface area contributed by atoms with E-state index in [0.29, 0.717) is 11.3 Å². The van der Waals surface area contributed by atoms with Crippen molar-refractivity contribution in [3.8, 4) is 22.8 Å². The van der Waals surface area contributed by atoms with Crippen LogP contribution in [0.4, 0.5) is 0 Å². The van der Waals surface area contributed by atoms with Gasteiger partial charge < -0.3 is 9.47 Å². The number of unbranched alkanes of at least 4 members (excludes halogenated alkanes) is 10. The highest BCUT2D eigenvalue weighted by Gasteiger charge is 2.10. The summed E-state index contributed by atoms with van der Waals surface area (Å²) in [7, 11) is 0. The summed E-state index contributed by atoms with van der Waals surface area (Å²) in [6.45, 7) is 5.24. The van der Waals surface area contributed by atoms with Crippen LogP contribution < -0.4 is 9.47 Å². The van der Waals surface area contributed by atoms with Gasteiger partial charge in [0.05, 0.1) is 24.1 Å². The van der Waals surface area contributed by atoms with Crippen molar-refractivity contribution in [1.29, 1.82) is 0 Å². The van der Waals surface area contributed by atoms with Gasteiger partial charge in [0.1, 0.15) is 11.5 Å². The molecule has 0 fully saturated rings. The van der Waals surface area contributed by atoms with Crippen LogP contribution in [-0.4, -0.2) is 17.6 Å². The van der Waals surface area contributed by atoms with Crippen molar-refractivity contribution in [2.75, 3.05) is 6.61 Å². The Bertz CT molecular complexity index is 1040. The minimum Gasteiger partial charge on any atom is -0.494 e. The van der Waals surface area contributed by atoms with Crippen LogP contribution in [0.2, 0.25) is 0 Å². The molecule has 0 aliphatic heterocycles. The maximum atomic E-state index is 12.6. The van der Waals surface area contributed by atoms with Gasteiger partial charge in [-0.1, -0.05) is 90.2 Å². The topological polar surface area (TPSA) is 48.4 Å². The van der Waals surface area contributed by atoms with Crippen molar-refractivity contribution in [2.24, 2.45) is 0 Å². The maximum Gasteiger partial charge on any atom is 0.343 e. The van der Waals surface area contributed by atoms with Crippen molar-refractivity contribution >= 4 is 5.97 Å². The minimum absolute atomic E-state index is 0.364. The van der Waals surface area contributed by atoms with Gasteiger partial charge in [0.25, 0.3) is 0 Å². The Labute approximate surface area is 229 Å². The van der Waals surface area contributed by atoms with Crippen LogP contribution in [-0.2, 0) is 6.42 Å². The molecule has 0 saturated carbocycles. The molecule has 2 aromatic carbocycles. The lowest BCUT2D eigenvalue weighted by molar-refractivity contribution is 0.0734. The van der Waals surface area contributed by atoms with Gasteiger partial charge in [-0.25, -0.2) is 4.79 Å². The van der Waals surface area contributed by atoms with E-state index in [0.717, 1.165) is 36.5 Å². The molecule has 0 radical (unpaired) electrons. The van der Waals surface area contributed by atoms with E-state index >= 15 is 0 Å². The zero-order valence-corrected chi connectivity index (χ0v) is 23.4. The van der Waals surface area contributed by atoms with Crippen LogP contribution in [0.1, 0.15) is 107 Å². The van der Waals surface area contributed by atoms with Gasteiger partial charge in [-0.3, -0.25) is 4.98 Å². The first kappa shape index (κ1) is 29.4. The minimum atomic E-state index is -0.364. The van der Waals surface area contributed by atoms with Crippen molar-refractivity contribution in [1.82, 2.24) is 4.98 Å². The molecule has 1 heterocycles. The Hall–Kier alpha value is -3.14. The van der Waals surface area contributed by atoms with Crippen molar-refractivity contribution < 1.29 is 14.3 Å². The van der Waals surface area contributed by atoms with Crippen molar-refractivity contribution in [3.05, 3.63) is 78.0 Å². The number of rotatable bonds is 18. The molecule has 4 heteroatoms. The van der Waals surface area contributed by atoms with Crippen LogP contribution in [0.15, 0.2) is 66.9 Å². The summed E-state index contributed by atoms with van der Waals surface area (Å²) < 4.78 is 11.4. The van der Waals surface area contributed by atoms with E-state index in [1.165, 1.54) is 76.2 Å². The van der Waals surface area contributed by atoms with Gasteiger partial charge in [0.15, 0.2) is 0 Å². The number of carbonyl (C=O) groups is 1. The van der Waals surface area contributed by atoms with Gasteiger partial charge in [0, 0.05) is 5.56 Å². The smallest absolute Gasteiger partial charge is 0.343 e. The predicted molar refractivity (Wildman–Crippen MR) is 157 cm³/mol. The number of aromatic nitrogens is 1. The number of hydrogen-bond donors (Lipinski definition) is 0. The van der Waals surface area contributed by atoms with E-state index in [-0.39, 0.29) is 5.97 Å². The predicted octanol–water partition coefficient (Wildman–Crippen LogP) is 9.61. The molecule has 0 amide bonds. The molecule has 0 aliphatic rings. The first-order chi connectivity index (χ1) is 18.7. The number of benzene rings is 2. The number of ether oxygens (including phenoxy) is 2. The third kappa shape index (κ3) is 10.7. The third-order valence-electron chi connectivity index (χ3n) is 6.87. The standard InChI is InChI=1S/C34H45NO3/c1-3-5-7-9-10-12-14-26-37-31-22-20-29(21-23-31)33-25-24-32(27-35-33)38-34(36)30-18-16-28(17-19-30)15-13-11-8-6-4-2/h16-25,27H,3-15,26H2,1-2H3.